The van der Waals surface area contributed by atoms with Crippen LogP contribution in [0.2, 0.25) is 0 Å². The molecule has 0 bridgehead atoms. The smallest absolute Gasteiger partial charge is 0.0865 e. The normalized spacial score (nSPS) is 29.3. The molecule has 0 aliphatic carbocycles. The molecule has 1 heterocycles. The lowest BCUT2D eigenvalue weighted by Crippen LogP contribution is -2.39. The monoisotopic (exact) mass is 157 g/mol. The standard InChI is InChI=1S/C9H16FN/c1-9(2)7-11(3)5-4-8(9)6-10/h6H,4-5,7H2,1-3H3/b8-6+. The quantitative estimate of drug-likeness (QED) is 0.521. The zero-order chi connectivity index (χ0) is 8.48. The van der Waals surface area contributed by atoms with E-state index in [9.17, 15) is 4.39 Å². The highest BCUT2D eigenvalue weighted by Gasteiger charge is 2.29. The molecule has 0 aromatic carbocycles. The predicted octanol–water partition coefficient (Wildman–Crippen LogP) is 2.20. The Kier molecular flexibility index (Phi) is 2.33. The molecule has 0 radical (unpaired) electrons. The molecular formula is C9H16FN. The summed E-state index contributed by atoms with van der Waals surface area (Å²) in [7, 11) is 2.08. The molecule has 1 rings (SSSR count). The second-order valence-corrected chi connectivity index (χ2v) is 4.01. The first-order valence-corrected chi connectivity index (χ1v) is 4.04. The third kappa shape index (κ3) is 1.80. The zero-order valence-electron chi connectivity index (χ0n) is 7.52. The number of hydrogen-bond acceptors (Lipinski definition) is 1. The van der Waals surface area contributed by atoms with E-state index in [1.54, 1.807) is 0 Å². The maximum atomic E-state index is 12.3. The molecule has 1 nitrogen and oxygen atoms in total. The first-order chi connectivity index (χ1) is 5.06. The van der Waals surface area contributed by atoms with Gasteiger partial charge in [0.05, 0.1) is 6.33 Å². The molecule has 1 aliphatic heterocycles. The second kappa shape index (κ2) is 2.94. The Hall–Kier alpha value is -0.370. The highest BCUT2D eigenvalue weighted by atomic mass is 19.1. The summed E-state index contributed by atoms with van der Waals surface area (Å²) in [5, 5.41) is 0. The van der Waals surface area contributed by atoms with Crippen LogP contribution in [0.3, 0.4) is 0 Å². The van der Waals surface area contributed by atoms with E-state index in [-0.39, 0.29) is 5.41 Å². The van der Waals surface area contributed by atoms with Crippen molar-refractivity contribution in [1.29, 1.82) is 0 Å². The van der Waals surface area contributed by atoms with E-state index in [4.69, 9.17) is 0 Å². The third-order valence-electron chi connectivity index (χ3n) is 2.43. The maximum Gasteiger partial charge on any atom is 0.0865 e. The Morgan fingerprint density at radius 1 is 1.55 bits per heavy atom. The lowest BCUT2D eigenvalue weighted by Gasteiger charge is -2.37. The van der Waals surface area contributed by atoms with Gasteiger partial charge < -0.3 is 4.90 Å². The molecule has 64 valence electrons. The van der Waals surface area contributed by atoms with Crippen LogP contribution in [0, 0.1) is 5.41 Å². The Labute approximate surface area is 67.9 Å². The number of rotatable bonds is 0. The largest absolute Gasteiger partial charge is 0.305 e. The molecule has 0 atom stereocenters. The fourth-order valence-corrected chi connectivity index (χ4v) is 1.71. The van der Waals surface area contributed by atoms with Gasteiger partial charge in [0, 0.05) is 18.5 Å². The highest BCUT2D eigenvalue weighted by Crippen LogP contribution is 2.33. The van der Waals surface area contributed by atoms with Gasteiger partial charge >= 0.3 is 0 Å². The molecular weight excluding hydrogens is 141 g/mol. The van der Waals surface area contributed by atoms with Crippen LogP contribution < -0.4 is 0 Å². The molecule has 1 fully saturated rings. The molecule has 0 N–H and O–H groups in total. The van der Waals surface area contributed by atoms with Crippen molar-refractivity contribution in [1.82, 2.24) is 4.90 Å². The van der Waals surface area contributed by atoms with Crippen LogP contribution in [0.25, 0.3) is 0 Å². The van der Waals surface area contributed by atoms with Crippen molar-refractivity contribution in [3.63, 3.8) is 0 Å². The fraction of sp³-hybridized carbons (Fsp3) is 0.778. The van der Waals surface area contributed by atoms with E-state index >= 15 is 0 Å². The van der Waals surface area contributed by atoms with Crippen LogP contribution >= 0.6 is 0 Å². The van der Waals surface area contributed by atoms with E-state index in [0.29, 0.717) is 0 Å². The number of nitrogens with zero attached hydrogens (tertiary/aromatic N) is 1. The van der Waals surface area contributed by atoms with E-state index < -0.39 is 0 Å². The molecule has 2 heteroatoms. The number of piperidine rings is 1. The van der Waals surface area contributed by atoms with Crippen LogP contribution in [0.1, 0.15) is 20.3 Å². The summed E-state index contributed by atoms with van der Waals surface area (Å²) in [5.41, 5.74) is 0.984. The van der Waals surface area contributed by atoms with Crippen molar-refractivity contribution in [2.24, 2.45) is 5.41 Å². The number of hydrogen-bond donors (Lipinski definition) is 0. The van der Waals surface area contributed by atoms with Gasteiger partial charge in [-0.2, -0.15) is 0 Å². The van der Waals surface area contributed by atoms with Gasteiger partial charge in [0.15, 0.2) is 0 Å². The summed E-state index contributed by atoms with van der Waals surface area (Å²) in [4.78, 5) is 2.24. The maximum absolute atomic E-state index is 12.3. The van der Waals surface area contributed by atoms with E-state index in [1.165, 1.54) is 0 Å². The van der Waals surface area contributed by atoms with Gasteiger partial charge in [-0.25, -0.2) is 4.39 Å². The number of halogens is 1. The van der Waals surface area contributed by atoms with Gasteiger partial charge in [-0.05, 0) is 19.0 Å². The molecule has 0 unspecified atom stereocenters. The Morgan fingerprint density at radius 2 is 2.18 bits per heavy atom. The summed E-state index contributed by atoms with van der Waals surface area (Å²) in [5.74, 6) is 0. The minimum Gasteiger partial charge on any atom is -0.305 e. The van der Waals surface area contributed by atoms with Crippen LogP contribution in [-0.4, -0.2) is 25.0 Å². The third-order valence-corrected chi connectivity index (χ3v) is 2.43. The van der Waals surface area contributed by atoms with Gasteiger partial charge in [-0.3, -0.25) is 0 Å². The predicted molar refractivity (Wildman–Crippen MR) is 45.1 cm³/mol. The molecule has 11 heavy (non-hydrogen) atoms. The van der Waals surface area contributed by atoms with Crippen molar-refractivity contribution in [3.8, 4) is 0 Å². The minimum absolute atomic E-state index is 0.0295. The molecule has 1 saturated heterocycles. The molecule has 1 aliphatic rings. The summed E-state index contributed by atoms with van der Waals surface area (Å²) in [6, 6.07) is 0. The van der Waals surface area contributed by atoms with Gasteiger partial charge in [0.1, 0.15) is 0 Å². The molecule has 0 aromatic heterocycles. The highest BCUT2D eigenvalue weighted by molar-refractivity contribution is 5.13. The van der Waals surface area contributed by atoms with E-state index in [1.807, 2.05) is 0 Å². The van der Waals surface area contributed by atoms with E-state index in [2.05, 4.69) is 25.8 Å². The molecule has 0 amide bonds. The molecule has 0 aromatic rings. The Bertz CT molecular complexity index is 172. The van der Waals surface area contributed by atoms with Gasteiger partial charge in [-0.15, -0.1) is 0 Å². The van der Waals surface area contributed by atoms with Gasteiger partial charge in [0.2, 0.25) is 0 Å². The summed E-state index contributed by atoms with van der Waals surface area (Å²) < 4.78 is 12.3. The summed E-state index contributed by atoms with van der Waals surface area (Å²) in [6.07, 6.45) is 1.66. The van der Waals surface area contributed by atoms with Crippen molar-refractivity contribution >= 4 is 0 Å². The Balaban J connectivity index is 2.72. The first kappa shape index (κ1) is 8.72. The fourth-order valence-electron chi connectivity index (χ4n) is 1.71. The lowest BCUT2D eigenvalue weighted by molar-refractivity contribution is 0.197. The lowest BCUT2D eigenvalue weighted by atomic mass is 9.80. The van der Waals surface area contributed by atoms with Crippen LogP contribution in [0.4, 0.5) is 4.39 Å². The van der Waals surface area contributed by atoms with Crippen molar-refractivity contribution < 1.29 is 4.39 Å². The first-order valence-electron chi connectivity index (χ1n) is 4.04. The second-order valence-electron chi connectivity index (χ2n) is 4.01. The van der Waals surface area contributed by atoms with Crippen molar-refractivity contribution in [2.75, 3.05) is 20.1 Å². The minimum atomic E-state index is 0.0295. The summed E-state index contributed by atoms with van der Waals surface area (Å²) in [6.45, 7) is 6.13. The number of likely N-dealkylation sites (tertiary alicyclic amines) is 1. The molecule has 0 saturated carbocycles. The van der Waals surface area contributed by atoms with Crippen LogP contribution in [-0.2, 0) is 0 Å². The van der Waals surface area contributed by atoms with Gasteiger partial charge in [-0.1, -0.05) is 13.8 Å². The van der Waals surface area contributed by atoms with Gasteiger partial charge in [0.25, 0.3) is 0 Å². The summed E-state index contributed by atoms with van der Waals surface area (Å²) >= 11 is 0. The van der Waals surface area contributed by atoms with Crippen LogP contribution in [0.15, 0.2) is 11.9 Å². The SMILES string of the molecule is CN1CC/C(=C\F)C(C)(C)C1. The van der Waals surface area contributed by atoms with Crippen LogP contribution in [0.5, 0.6) is 0 Å². The molecule has 0 spiro atoms. The van der Waals surface area contributed by atoms with E-state index in [0.717, 1.165) is 31.4 Å². The zero-order valence-corrected chi connectivity index (χ0v) is 7.52. The average molecular weight is 157 g/mol. The Morgan fingerprint density at radius 3 is 2.64 bits per heavy atom. The van der Waals surface area contributed by atoms with Crippen molar-refractivity contribution in [2.45, 2.75) is 20.3 Å². The average Bonchev–Trinajstić information content (AvgIpc) is 1.85. The van der Waals surface area contributed by atoms with Crippen molar-refractivity contribution in [3.05, 3.63) is 11.9 Å². The topological polar surface area (TPSA) is 3.24 Å².